The molecular formula is C16H17FN2OS. The zero-order valence-corrected chi connectivity index (χ0v) is 13.1. The summed E-state index contributed by atoms with van der Waals surface area (Å²) in [5.74, 6) is 0.279. The smallest absolute Gasteiger partial charge is 0.188 e. The van der Waals surface area contributed by atoms with Crippen molar-refractivity contribution in [3.63, 3.8) is 0 Å². The lowest BCUT2D eigenvalue weighted by molar-refractivity contribution is 0.0989. The van der Waals surface area contributed by atoms with Crippen molar-refractivity contribution in [3.8, 4) is 0 Å². The Hall–Kier alpha value is -1.75. The van der Waals surface area contributed by atoms with Gasteiger partial charge in [0.15, 0.2) is 10.9 Å². The highest BCUT2D eigenvalue weighted by molar-refractivity contribution is 7.99. The molecule has 2 aromatic rings. The van der Waals surface area contributed by atoms with E-state index in [2.05, 4.69) is 9.97 Å². The van der Waals surface area contributed by atoms with Crippen LogP contribution in [0.5, 0.6) is 0 Å². The van der Waals surface area contributed by atoms with E-state index in [9.17, 15) is 9.18 Å². The molecule has 0 saturated carbocycles. The van der Waals surface area contributed by atoms with Gasteiger partial charge in [-0.2, -0.15) is 0 Å². The Bertz CT molecular complexity index is 633. The van der Waals surface area contributed by atoms with E-state index in [-0.39, 0.29) is 11.6 Å². The Labute approximate surface area is 128 Å². The van der Waals surface area contributed by atoms with Gasteiger partial charge in [0, 0.05) is 29.1 Å². The molecule has 0 N–H and O–H groups in total. The zero-order chi connectivity index (χ0) is 15.4. The van der Waals surface area contributed by atoms with Crippen LogP contribution in [0.3, 0.4) is 0 Å². The first-order valence-corrected chi connectivity index (χ1v) is 7.69. The molecular weight excluding hydrogens is 287 g/mol. The van der Waals surface area contributed by atoms with Crippen LogP contribution in [-0.2, 0) is 0 Å². The molecule has 5 heteroatoms. The summed E-state index contributed by atoms with van der Waals surface area (Å²) in [6.45, 7) is 5.91. The third-order valence-electron chi connectivity index (χ3n) is 3.34. The summed E-state index contributed by atoms with van der Waals surface area (Å²) in [4.78, 5) is 20.8. The number of Topliss-reactive ketones (excluding diaryl/α,β-unsaturated/α-hetero) is 1. The molecule has 21 heavy (non-hydrogen) atoms. The molecule has 0 bridgehead atoms. The zero-order valence-electron chi connectivity index (χ0n) is 12.3. The van der Waals surface area contributed by atoms with Gasteiger partial charge in [0.2, 0.25) is 0 Å². The second-order valence-electron chi connectivity index (χ2n) is 4.83. The molecule has 0 amide bonds. The number of carbonyl (C=O) groups excluding carboxylic acids is 1. The Morgan fingerprint density at radius 1 is 1.10 bits per heavy atom. The Kier molecular flexibility index (Phi) is 5.07. The fourth-order valence-corrected chi connectivity index (χ4v) is 2.69. The van der Waals surface area contributed by atoms with Crippen molar-refractivity contribution in [2.75, 3.05) is 5.75 Å². The first kappa shape index (κ1) is 15.6. The topological polar surface area (TPSA) is 42.9 Å². The highest BCUT2D eigenvalue weighted by Crippen LogP contribution is 2.18. The van der Waals surface area contributed by atoms with Crippen LogP contribution in [0.25, 0.3) is 0 Å². The average molecular weight is 304 g/mol. The number of aromatic nitrogens is 2. The lowest BCUT2D eigenvalue weighted by Gasteiger charge is -2.06. The molecule has 0 aliphatic heterocycles. The maximum Gasteiger partial charge on any atom is 0.188 e. The standard InChI is InChI=1S/C16H17FN2OS/c1-10-11(2)18-16(19-12(10)3)21-9-8-15(20)13-4-6-14(17)7-5-13/h4-7H,8-9H2,1-3H3. The molecule has 0 aliphatic rings. The summed E-state index contributed by atoms with van der Waals surface area (Å²) in [5, 5.41) is 0.697. The highest BCUT2D eigenvalue weighted by atomic mass is 32.2. The van der Waals surface area contributed by atoms with E-state index in [0.717, 1.165) is 17.0 Å². The average Bonchev–Trinajstić information content (AvgIpc) is 2.45. The van der Waals surface area contributed by atoms with Crippen molar-refractivity contribution >= 4 is 17.5 Å². The van der Waals surface area contributed by atoms with Crippen LogP contribution in [0.15, 0.2) is 29.4 Å². The van der Waals surface area contributed by atoms with Crippen molar-refractivity contribution in [1.29, 1.82) is 0 Å². The van der Waals surface area contributed by atoms with Gasteiger partial charge in [0.25, 0.3) is 0 Å². The van der Waals surface area contributed by atoms with Gasteiger partial charge in [-0.3, -0.25) is 4.79 Å². The molecule has 0 saturated heterocycles. The lowest BCUT2D eigenvalue weighted by Crippen LogP contribution is -2.02. The second kappa shape index (κ2) is 6.80. The molecule has 1 aromatic carbocycles. The van der Waals surface area contributed by atoms with Gasteiger partial charge in [-0.05, 0) is 50.6 Å². The molecule has 0 unspecified atom stereocenters. The fraction of sp³-hybridized carbons (Fsp3) is 0.312. The highest BCUT2D eigenvalue weighted by Gasteiger charge is 2.08. The maximum absolute atomic E-state index is 12.8. The van der Waals surface area contributed by atoms with E-state index in [1.807, 2.05) is 20.8 Å². The predicted octanol–water partition coefficient (Wildman–Crippen LogP) is 3.91. The fourth-order valence-electron chi connectivity index (χ4n) is 1.82. The number of halogens is 1. The van der Waals surface area contributed by atoms with Crippen molar-refractivity contribution in [2.45, 2.75) is 32.3 Å². The summed E-state index contributed by atoms with van der Waals surface area (Å²) in [6, 6.07) is 5.63. The molecule has 0 radical (unpaired) electrons. The molecule has 110 valence electrons. The molecule has 1 aromatic heterocycles. The number of benzene rings is 1. The summed E-state index contributed by atoms with van der Waals surface area (Å²) in [6.07, 6.45) is 0.381. The first-order chi connectivity index (χ1) is 9.97. The predicted molar refractivity (Wildman–Crippen MR) is 82.3 cm³/mol. The lowest BCUT2D eigenvalue weighted by atomic mass is 10.1. The molecule has 0 fully saturated rings. The monoisotopic (exact) mass is 304 g/mol. The van der Waals surface area contributed by atoms with Crippen molar-refractivity contribution in [3.05, 3.63) is 52.6 Å². The van der Waals surface area contributed by atoms with Crippen LogP contribution in [0.1, 0.15) is 33.7 Å². The number of aryl methyl sites for hydroxylation is 2. The van der Waals surface area contributed by atoms with Gasteiger partial charge in [0.1, 0.15) is 5.82 Å². The summed E-state index contributed by atoms with van der Waals surface area (Å²) in [7, 11) is 0. The van der Waals surface area contributed by atoms with Crippen LogP contribution in [-0.4, -0.2) is 21.5 Å². The number of carbonyl (C=O) groups is 1. The van der Waals surface area contributed by atoms with Crippen molar-refractivity contribution < 1.29 is 9.18 Å². The number of rotatable bonds is 5. The Morgan fingerprint density at radius 2 is 1.67 bits per heavy atom. The normalized spacial score (nSPS) is 10.7. The van der Waals surface area contributed by atoms with Gasteiger partial charge in [-0.15, -0.1) is 0 Å². The summed E-state index contributed by atoms with van der Waals surface area (Å²) >= 11 is 1.47. The van der Waals surface area contributed by atoms with E-state index >= 15 is 0 Å². The Morgan fingerprint density at radius 3 is 2.24 bits per heavy atom. The number of nitrogens with zero attached hydrogens (tertiary/aromatic N) is 2. The van der Waals surface area contributed by atoms with Crippen LogP contribution in [0.2, 0.25) is 0 Å². The molecule has 0 spiro atoms. The van der Waals surface area contributed by atoms with Crippen molar-refractivity contribution in [1.82, 2.24) is 9.97 Å². The van der Waals surface area contributed by atoms with Crippen LogP contribution in [0.4, 0.5) is 4.39 Å². The van der Waals surface area contributed by atoms with E-state index in [1.165, 1.54) is 36.0 Å². The van der Waals surface area contributed by atoms with Gasteiger partial charge < -0.3 is 0 Å². The second-order valence-corrected chi connectivity index (χ2v) is 5.89. The van der Waals surface area contributed by atoms with Crippen LogP contribution >= 0.6 is 11.8 Å². The van der Waals surface area contributed by atoms with Gasteiger partial charge in [-0.25, -0.2) is 14.4 Å². The first-order valence-electron chi connectivity index (χ1n) is 6.71. The minimum Gasteiger partial charge on any atom is -0.294 e. The van der Waals surface area contributed by atoms with E-state index in [1.54, 1.807) is 0 Å². The van der Waals surface area contributed by atoms with E-state index < -0.39 is 0 Å². The SMILES string of the molecule is Cc1nc(SCCC(=O)c2ccc(F)cc2)nc(C)c1C. The summed E-state index contributed by atoms with van der Waals surface area (Å²) in [5.41, 5.74) is 3.57. The molecule has 3 nitrogen and oxygen atoms in total. The quantitative estimate of drug-likeness (QED) is 0.477. The van der Waals surface area contributed by atoms with Crippen LogP contribution < -0.4 is 0 Å². The Balaban J connectivity index is 1.92. The van der Waals surface area contributed by atoms with Gasteiger partial charge >= 0.3 is 0 Å². The largest absolute Gasteiger partial charge is 0.294 e. The third kappa shape index (κ3) is 4.11. The minimum atomic E-state index is -0.333. The molecule has 0 aliphatic carbocycles. The molecule has 2 rings (SSSR count). The number of hydrogen-bond acceptors (Lipinski definition) is 4. The van der Waals surface area contributed by atoms with Gasteiger partial charge in [-0.1, -0.05) is 11.8 Å². The number of ketones is 1. The maximum atomic E-state index is 12.8. The number of hydrogen-bond donors (Lipinski definition) is 0. The molecule has 1 heterocycles. The van der Waals surface area contributed by atoms with E-state index in [4.69, 9.17) is 0 Å². The minimum absolute atomic E-state index is 0.00283. The molecule has 0 atom stereocenters. The van der Waals surface area contributed by atoms with Crippen molar-refractivity contribution in [2.24, 2.45) is 0 Å². The summed E-state index contributed by atoms with van der Waals surface area (Å²) < 4.78 is 12.8. The number of thioether (sulfide) groups is 1. The third-order valence-corrected chi connectivity index (χ3v) is 4.19. The van der Waals surface area contributed by atoms with E-state index in [0.29, 0.717) is 22.9 Å². The van der Waals surface area contributed by atoms with Gasteiger partial charge in [0.05, 0.1) is 0 Å². The van der Waals surface area contributed by atoms with Crippen LogP contribution in [0, 0.1) is 26.6 Å².